The third-order valence-corrected chi connectivity index (χ3v) is 3.73. The van der Waals surface area contributed by atoms with E-state index in [1.165, 1.54) is 18.2 Å². The zero-order chi connectivity index (χ0) is 14.7. The highest BCUT2D eigenvalue weighted by Gasteiger charge is 2.20. The summed E-state index contributed by atoms with van der Waals surface area (Å²) < 4.78 is 27.7. The van der Waals surface area contributed by atoms with Crippen molar-refractivity contribution in [2.45, 2.75) is 12.5 Å². The van der Waals surface area contributed by atoms with Crippen LogP contribution in [0.25, 0.3) is 0 Å². The summed E-state index contributed by atoms with van der Waals surface area (Å²) >= 11 is 12.0. The van der Waals surface area contributed by atoms with Gasteiger partial charge in [-0.25, -0.2) is 8.78 Å². The van der Waals surface area contributed by atoms with Gasteiger partial charge in [0.05, 0.1) is 0 Å². The van der Waals surface area contributed by atoms with Crippen LogP contribution in [-0.4, -0.2) is 7.05 Å². The summed E-state index contributed by atoms with van der Waals surface area (Å²) in [6.07, 6.45) is 0.341. The van der Waals surface area contributed by atoms with Gasteiger partial charge in [0.15, 0.2) is 0 Å². The van der Waals surface area contributed by atoms with Crippen LogP contribution in [0.2, 0.25) is 10.0 Å². The quantitative estimate of drug-likeness (QED) is 0.856. The normalized spacial score (nSPS) is 12.4. The predicted molar refractivity (Wildman–Crippen MR) is 78.3 cm³/mol. The molecular formula is C15H13Cl2F2N. The Bertz CT molecular complexity index is 597. The monoisotopic (exact) mass is 315 g/mol. The summed E-state index contributed by atoms with van der Waals surface area (Å²) in [5.74, 6) is -1.16. The molecule has 0 aliphatic carbocycles. The molecule has 1 unspecified atom stereocenters. The first-order valence-corrected chi connectivity index (χ1v) is 6.83. The Morgan fingerprint density at radius 2 is 1.75 bits per heavy atom. The zero-order valence-corrected chi connectivity index (χ0v) is 12.3. The first-order chi connectivity index (χ1) is 9.52. The fraction of sp³-hybridized carbons (Fsp3) is 0.200. The molecule has 5 heteroatoms. The van der Waals surface area contributed by atoms with Crippen LogP contribution in [0.4, 0.5) is 8.78 Å². The minimum atomic E-state index is -0.581. The van der Waals surface area contributed by atoms with E-state index >= 15 is 0 Å². The summed E-state index contributed by atoms with van der Waals surface area (Å²) in [7, 11) is 1.65. The van der Waals surface area contributed by atoms with Crippen molar-refractivity contribution in [3.8, 4) is 0 Å². The first kappa shape index (κ1) is 15.2. The van der Waals surface area contributed by atoms with Crippen molar-refractivity contribution in [1.29, 1.82) is 0 Å². The molecule has 2 aromatic rings. The van der Waals surface area contributed by atoms with Gasteiger partial charge in [-0.3, -0.25) is 0 Å². The van der Waals surface area contributed by atoms with Gasteiger partial charge < -0.3 is 5.32 Å². The van der Waals surface area contributed by atoms with E-state index in [1.54, 1.807) is 25.2 Å². The molecule has 2 aromatic carbocycles. The average molecular weight is 316 g/mol. The molecule has 0 amide bonds. The summed E-state index contributed by atoms with van der Waals surface area (Å²) in [5, 5.41) is 3.97. The molecule has 0 aliphatic rings. The van der Waals surface area contributed by atoms with Crippen LogP contribution in [0, 0.1) is 11.6 Å². The molecule has 0 heterocycles. The van der Waals surface area contributed by atoms with Crippen molar-refractivity contribution < 1.29 is 8.78 Å². The number of nitrogens with one attached hydrogen (secondary N) is 1. The van der Waals surface area contributed by atoms with E-state index in [4.69, 9.17) is 23.2 Å². The number of rotatable bonds is 4. The van der Waals surface area contributed by atoms with Gasteiger partial charge in [-0.05, 0) is 49.4 Å². The second-order valence-electron chi connectivity index (χ2n) is 4.42. The van der Waals surface area contributed by atoms with Crippen molar-refractivity contribution in [1.82, 2.24) is 5.32 Å². The van der Waals surface area contributed by atoms with Gasteiger partial charge in [-0.1, -0.05) is 29.3 Å². The Labute approximate surface area is 126 Å². The molecule has 1 nitrogen and oxygen atoms in total. The smallest absolute Gasteiger partial charge is 0.130 e. The van der Waals surface area contributed by atoms with Crippen LogP contribution >= 0.6 is 23.2 Å². The molecule has 1 atom stereocenters. The second kappa shape index (κ2) is 6.53. The largest absolute Gasteiger partial charge is 0.313 e. The minimum absolute atomic E-state index is 0.00559. The Kier molecular flexibility index (Phi) is 4.97. The fourth-order valence-corrected chi connectivity index (χ4v) is 2.50. The average Bonchev–Trinajstić information content (AvgIpc) is 2.41. The van der Waals surface area contributed by atoms with Gasteiger partial charge in [0.1, 0.15) is 11.6 Å². The van der Waals surface area contributed by atoms with Crippen molar-refractivity contribution in [2.24, 2.45) is 0 Å². The van der Waals surface area contributed by atoms with E-state index in [1.807, 2.05) is 0 Å². The van der Waals surface area contributed by atoms with Gasteiger partial charge in [-0.2, -0.15) is 0 Å². The molecule has 0 aliphatic heterocycles. The van der Waals surface area contributed by atoms with Gasteiger partial charge >= 0.3 is 0 Å². The lowest BCUT2D eigenvalue weighted by molar-refractivity contribution is 0.489. The molecule has 0 aromatic heterocycles. The highest BCUT2D eigenvalue weighted by Crippen LogP contribution is 2.28. The maximum Gasteiger partial charge on any atom is 0.130 e. The molecule has 2 rings (SSSR count). The molecular weight excluding hydrogens is 303 g/mol. The Balaban J connectivity index is 2.36. The van der Waals surface area contributed by atoms with Crippen LogP contribution in [0.15, 0.2) is 36.4 Å². The predicted octanol–water partition coefficient (Wildman–Crippen LogP) is 4.77. The highest BCUT2D eigenvalue weighted by atomic mass is 35.5. The van der Waals surface area contributed by atoms with Crippen LogP contribution in [-0.2, 0) is 6.42 Å². The Hall–Kier alpha value is -1.16. The molecule has 0 bridgehead atoms. The second-order valence-corrected chi connectivity index (χ2v) is 5.26. The molecule has 106 valence electrons. The van der Waals surface area contributed by atoms with Crippen molar-refractivity contribution in [3.63, 3.8) is 0 Å². The molecule has 0 saturated carbocycles. The van der Waals surface area contributed by atoms with E-state index in [-0.39, 0.29) is 5.56 Å². The lowest BCUT2D eigenvalue weighted by Gasteiger charge is -2.19. The third kappa shape index (κ3) is 3.29. The molecule has 0 spiro atoms. The maximum absolute atomic E-state index is 13.8. The molecule has 0 radical (unpaired) electrons. The number of halogens is 4. The van der Waals surface area contributed by atoms with Gasteiger partial charge in [0.2, 0.25) is 0 Å². The SMILES string of the molecule is CNC(Cc1cc(Cl)ccc1Cl)c1c(F)cccc1F. The van der Waals surface area contributed by atoms with E-state index < -0.39 is 17.7 Å². The third-order valence-electron chi connectivity index (χ3n) is 3.13. The first-order valence-electron chi connectivity index (χ1n) is 6.08. The van der Waals surface area contributed by atoms with Crippen LogP contribution in [0.3, 0.4) is 0 Å². The summed E-state index contributed by atoms with van der Waals surface area (Å²) in [4.78, 5) is 0. The number of hydrogen-bond donors (Lipinski definition) is 1. The summed E-state index contributed by atoms with van der Waals surface area (Å²) in [6, 6.07) is 8.34. The fourth-order valence-electron chi connectivity index (χ4n) is 2.11. The maximum atomic E-state index is 13.8. The summed E-state index contributed by atoms with van der Waals surface area (Å²) in [6.45, 7) is 0. The van der Waals surface area contributed by atoms with E-state index in [9.17, 15) is 8.78 Å². The van der Waals surface area contributed by atoms with Crippen molar-refractivity contribution in [2.75, 3.05) is 7.05 Å². The minimum Gasteiger partial charge on any atom is -0.313 e. The van der Waals surface area contributed by atoms with E-state index in [0.29, 0.717) is 16.5 Å². The van der Waals surface area contributed by atoms with Gasteiger partial charge in [0.25, 0.3) is 0 Å². The van der Waals surface area contributed by atoms with Crippen LogP contribution in [0.1, 0.15) is 17.2 Å². The summed E-state index contributed by atoms with van der Waals surface area (Å²) in [5.41, 5.74) is 0.743. The lowest BCUT2D eigenvalue weighted by Crippen LogP contribution is -2.21. The Morgan fingerprint density at radius 1 is 1.10 bits per heavy atom. The van der Waals surface area contributed by atoms with Crippen molar-refractivity contribution >= 4 is 23.2 Å². The standard InChI is InChI=1S/C15H13Cl2F2N/c1-20-14(15-12(18)3-2-4-13(15)19)8-9-7-10(16)5-6-11(9)17/h2-7,14,20H,8H2,1H3. The lowest BCUT2D eigenvalue weighted by atomic mass is 9.98. The molecule has 20 heavy (non-hydrogen) atoms. The Morgan fingerprint density at radius 3 is 2.35 bits per heavy atom. The van der Waals surface area contributed by atoms with Crippen LogP contribution < -0.4 is 5.32 Å². The van der Waals surface area contributed by atoms with E-state index in [0.717, 1.165) is 5.56 Å². The number of hydrogen-bond acceptors (Lipinski definition) is 1. The molecule has 0 fully saturated rings. The van der Waals surface area contributed by atoms with Crippen LogP contribution in [0.5, 0.6) is 0 Å². The zero-order valence-electron chi connectivity index (χ0n) is 10.8. The number of benzene rings is 2. The molecule has 1 N–H and O–H groups in total. The van der Waals surface area contributed by atoms with Crippen molar-refractivity contribution in [3.05, 3.63) is 69.2 Å². The van der Waals surface area contributed by atoms with Gasteiger partial charge in [-0.15, -0.1) is 0 Å². The topological polar surface area (TPSA) is 12.0 Å². The highest BCUT2D eigenvalue weighted by molar-refractivity contribution is 6.33. The molecule has 0 saturated heterocycles. The van der Waals surface area contributed by atoms with Gasteiger partial charge in [0, 0.05) is 21.7 Å². The van der Waals surface area contributed by atoms with E-state index in [2.05, 4.69) is 5.32 Å². The number of likely N-dealkylation sites (N-methyl/N-ethyl adjacent to an activating group) is 1.